The minimum atomic E-state index is -0.491. The highest BCUT2D eigenvalue weighted by Gasteiger charge is 2.61. The minimum absolute atomic E-state index is 0.0618. The zero-order valence-electron chi connectivity index (χ0n) is 17.3. The maximum Gasteiger partial charge on any atom is 0.321 e. The van der Waals surface area contributed by atoms with E-state index >= 15 is 0 Å². The standard InChI is InChI=1S/C24H28FN3O2/c1-15(29)26-23-11-16-9-17(12-23)21(18(10-16)13-23)27-14-24(7-2-8-28(24)22(27)30)19-3-5-20(25)6-4-19/h2-7,16-18,21H,8-14H2,1H3,(H,26,29)/t16?,17?,18?,21?,23?,24-/m0/s1. The molecule has 1 N–H and O–H groups in total. The number of benzene rings is 1. The monoisotopic (exact) mass is 409 g/mol. The number of carbonyl (C=O) groups is 2. The predicted octanol–water partition coefficient (Wildman–Crippen LogP) is 3.41. The van der Waals surface area contributed by atoms with Crippen molar-refractivity contribution >= 4 is 11.9 Å². The largest absolute Gasteiger partial charge is 0.351 e. The number of fused-ring (bicyclic) bond motifs is 1. The zero-order valence-corrected chi connectivity index (χ0v) is 17.3. The number of rotatable bonds is 3. The van der Waals surface area contributed by atoms with Crippen molar-refractivity contribution in [3.05, 3.63) is 47.8 Å². The van der Waals surface area contributed by atoms with Gasteiger partial charge in [-0.25, -0.2) is 9.18 Å². The van der Waals surface area contributed by atoms with E-state index in [1.165, 1.54) is 12.1 Å². The molecule has 2 heterocycles. The van der Waals surface area contributed by atoms with Gasteiger partial charge >= 0.3 is 6.03 Å². The first-order valence-electron chi connectivity index (χ1n) is 11.2. The molecule has 5 fully saturated rings. The van der Waals surface area contributed by atoms with Crippen LogP contribution in [0.1, 0.15) is 44.6 Å². The SMILES string of the molecule is CC(=O)NC12CC3CC(C1)C(N1C[C@]4(c5ccc(F)cc5)C=CCN4C1=O)C(C3)C2. The summed E-state index contributed by atoms with van der Waals surface area (Å²) in [5, 5.41) is 3.29. The van der Waals surface area contributed by atoms with Gasteiger partial charge in [-0.05, 0) is 67.6 Å². The Kier molecular flexibility index (Phi) is 3.73. The van der Waals surface area contributed by atoms with Crippen LogP contribution >= 0.6 is 0 Å². The number of urea groups is 1. The lowest BCUT2D eigenvalue weighted by molar-refractivity contribution is -0.127. The average Bonchev–Trinajstić information content (AvgIpc) is 3.20. The average molecular weight is 410 g/mol. The molecular formula is C24H28FN3O2. The van der Waals surface area contributed by atoms with E-state index in [0.29, 0.717) is 30.8 Å². The predicted molar refractivity (Wildman–Crippen MR) is 110 cm³/mol. The van der Waals surface area contributed by atoms with Crippen LogP contribution in [0.15, 0.2) is 36.4 Å². The molecule has 0 radical (unpaired) electrons. The van der Waals surface area contributed by atoms with Crippen LogP contribution in [0.3, 0.4) is 0 Å². The van der Waals surface area contributed by atoms with Crippen LogP contribution in [0.4, 0.5) is 9.18 Å². The van der Waals surface area contributed by atoms with E-state index in [-0.39, 0.29) is 29.3 Å². The Bertz CT molecular complexity index is 928. The van der Waals surface area contributed by atoms with Crippen molar-refractivity contribution in [3.8, 4) is 0 Å². The van der Waals surface area contributed by atoms with Gasteiger partial charge in [-0.2, -0.15) is 0 Å². The van der Waals surface area contributed by atoms with Crippen molar-refractivity contribution in [2.45, 2.75) is 56.1 Å². The third kappa shape index (κ3) is 2.45. The van der Waals surface area contributed by atoms with Crippen LogP contribution < -0.4 is 5.32 Å². The number of nitrogens with one attached hydrogen (secondary N) is 1. The molecule has 2 unspecified atom stereocenters. The van der Waals surface area contributed by atoms with Crippen molar-refractivity contribution in [2.75, 3.05) is 13.1 Å². The van der Waals surface area contributed by atoms with Gasteiger partial charge in [-0.3, -0.25) is 4.79 Å². The maximum absolute atomic E-state index is 13.6. The number of halogens is 1. The van der Waals surface area contributed by atoms with E-state index < -0.39 is 5.54 Å². The fourth-order valence-electron chi connectivity index (χ4n) is 7.82. The second-order valence-electron chi connectivity index (χ2n) is 10.3. The van der Waals surface area contributed by atoms with Crippen molar-refractivity contribution in [2.24, 2.45) is 17.8 Å². The molecule has 0 aromatic heterocycles. The molecule has 2 aliphatic heterocycles. The highest BCUT2D eigenvalue weighted by Crippen LogP contribution is 2.58. The molecule has 6 heteroatoms. The Balaban J connectivity index is 1.32. The summed E-state index contributed by atoms with van der Waals surface area (Å²) in [6.07, 6.45) is 9.56. The van der Waals surface area contributed by atoms with Gasteiger partial charge in [0.15, 0.2) is 0 Å². The summed E-state index contributed by atoms with van der Waals surface area (Å²) < 4.78 is 13.5. The Morgan fingerprint density at radius 3 is 2.50 bits per heavy atom. The summed E-state index contributed by atoms with van der Waals surface area (Å²) in [6.45, 7) is 2.85. The second kappa shape index (κ2) is 6.08. The number of hydrogen-bond acceptors (Lipinski definition) is 2. The lowest BCUT2D eigenvalue weighted by atomic mass is 9.50. The number of hydrogen-bond donors (Lipinski definition) is 1. The molecule has 5 nitrogen and oxygen atoms in total. The Morgan fingerprint density at radius 2 is 1.83 bits per heavy atom. The molecule has 1 saturated heterocycles. The maximum atomic E-state index is 13.6. The summed E-state index contributed by atoms with van der Waals surface area (Å²) in [6, 6.07) is 6.96. The molecular weight excluding hydrogens is 381 g/mol. The van der Waals surface area contributed by atoms with Crippen LogP contribution in [-0.4, -0.2) is 46.4 Å². The van der Waals surface area contributed by atoms with E-state index in [9.17, 15) is 14.0 Å². The van der Waals surface area contributed by atoms with Crippen molar-refractivity contribution < 1.29 is 14.0 Å². The van der Waals surface area contributed by atoms with E-state index in [4.69, 9.17) is 0 Å². The minimum Gasteiger partial charge on any atom is -0.351 e. The van der Waals surface area contributed by atoms with Crippen LogP contribution in [0.2, 0.25) is 0 Å². The van der Waals surface area contributed by atoms with Gasteiger partial charge < -0.3 is 15.1 Å². The van der Waals surface area contributed by atoms with Gasteiger partial charge in [-0.15, -0.1) is 0 Å². The van der Waals surface area contributed by atoms with Crippen LogP contribution in [0.25, 0.3) is 0 Å². The molecule has 158 valence electrons. The van der Waals surface area contributed by atoms with Crippen molar-refractivity contribution in [1.82, 2.24) is 15.1 Å². The van der Waals surface area contributed by atoms with Crippen LogP contribution in [0, 0.1) is 23.6 Å². The smallest absolute Gasteiger partial charge is 0.321 e. The van der Waals surface area contributed by atoms with Crippen molar-refractivity contribution in [3.63, 3.8) is 0 Å². The molecule has 0 spiro atoms. The van der Waals surface area contributed by atoms with Gasteiger partial charge in [-0.1, -0.05) is 24.3 Å². The van der Waals surface area contributed by atoms with Crippen molar-refractivity contribution in [1.29, 1.82) is 0 Å². The number of nitrogens with zero attached hydrogens (tertiary/aromatic N) is 2. The molecule has 7 rings (SSSR count). The van der Waals surface area contributed by atoms with Gasteiger partial charge in [0.05, 0.1) is 6.54 Å². The first-order chi connectivity index (χ1) is 14.4. The molecule has 4 saturated carbocycles. The fraction of sp³-hybridized carbons (Fsp3) is 0.583. The number of amides is 3. The molecule has 3 atom stereocenters. The third-order valence-corrected chi connectivity index (χ3v) is 8.42. The van der Waals surface area contributed by atoms with Crippen LogP contribution in [-0.2, 0) is 10.3 Å². The van der Waals surface area contributed by atoms with Gasteiger partial charge in [0.25, 0.3) is 0 Å². The fourth-order valence-corrected chi connectivity index (χ4v) is 7.82. The highest BCUT2D eigenvalue weighted by molar-refractivity contribution is 5.81. The molecule has 3 amide bonds. The van der Waals surface area contributed by atoms with Gasteiger partial charge in [0.2, 0.25) is 5.91 Å². The van der Waals surface area contributed by atoms with Gasteiger partial charge in [0.1, 0.15) is 11.4 Å². The Morgan fingerprint density at radius 1 is 1.13 bits per heavy atom. The molecule has 30 heavy (non-hydrogen) atoms. The Labute approximate surface area is 176 Å². The summed E-state index contributed by atoms with van der Waals surface area (Å²) in [5.74, 6) is 1.36. The topological polar surface area (TPSA) is 52.7 Å². The van der Waals surface area contributed by atoms with E-state index in [2.05, 4.69) is 22.4 Å². The van der Waals surface area contributed by atoms with E-state index in [0.717, 1.165) is 37.7 Å². The molecule has 6 aliphatic rings. The molecule has 4 bridgehead atoms. The lowest BCUT2D eigenvalue weighted by Crippen LogP contribution is -2.66. The van der Waals surface area contributed by atoms with E-state index in [1.807, 2.05) is 17.0 Å². The highest BCUT2D eigenvalue weighted by atomic mass is 19.1. The van der Waals surface area contributed by atoms with Crippen LogP contribution in [0.5, 0.6) is 0 Å². The third-order valence-electron chi connectivity index (χ3n) is 8.42. The lowest BCUT2D eigenvalue weighted by Gasteiger charge is -2.61. The Hall–Kier alpha value is -2.37. The van der Waals surface area contributed by atoms with Gasteiger partial charge in [0, 0.05) is 25.0 Å². The van der Waals surface area contributed by atoms with E-state index in [1.54, 1.807) is 6.92 Å². The zero-order chi connectivity index (χ0) is 20.7. The first kappa shape index (κ1) is 18.4. The summed E-state index contributed by atoms with van der Waals surface area (Å²) in [7, 11) is 0. The summed E-state index contributed by atoms with van der Waals surface area (Å²) >= 11 is 0. The quantitative estimate of drug-likeness (QED) is 0.778. The summed E-state index contributed by atoms with van der Waals surface area (Å²) in [4.78, 5) is 29.5. The summed E-state index contributed by atoms with van der Waals surface area (Å²) in [5.41, 5.74) is 0.424. The molecule has 1 aromatic rings. The first-order valence-corrected chi connectivity index (χ1v) is 11.2. The molecule has 4 aliphatic carbocycles. The second-order valence-corrected chi connectivity index (χ2v) is 10.3. The normalized spacial score (nSPS) is 40.9. The number of carbonyl (C=O) groups excluding carboxylic acids is 2. The molecule has 1 aromatic carbocycles.